The summed E-state index contributed by atoms with van der Waals surface area (Å²) in [6.07, 6.45) is 6.84. The lowest BCUT2D eigenvalue weighted by atomic mass is 9.85. The predicted molar refractivity (Wildman–Crippen MR) is 141 cm³/mol. The fraction of sp³-hybridized carbons (Fsp3) is 0.516. The zero-order valence-corrected chi connectivity index (χ0v) is 23.7. The van der Waals surface area contributed by atoms with Crippen LogP contribution >= 0.6 is 0 Å². The highest BCUT2D eigenvalue weighted by Crippen LogP contribution is 2.35. The molecule has 1 aromatic heterocycles. The molecule has 0 aliphatic rings. The van der Waals surface area contributed by atoms with Crippen LogP contribution in [-0.4, -0.2) is 4.57 Å². The predicted octanol–water partition coefficient (Wildman–Crippen LogP) is 5.49. The summed E-state index contributed by atoms with van der Waals surface area (Å²) >= 11 is 0. The van der Waals surface area contributed by atoms with Crippen molar-refractivity contribution in [2.45, 2.75) is 105 Å². The maximum Gasteiger partial charge on any atom is 0.244 e. The molecule has 2 unspecified atom stereocenters. The molecule has 3 rings (SSSR count). The summed E-state index contributed by atoms with van der Waals surface area (Å²) in [5.74, 6) is 2.03. The standard InChI is InChI=1S/C31H45N2.ClH/c1-20(2)26-13-11-14-27(21(3)4)30(26)24(9)32-17-18-33(19-32)25(10)31-28(22(5)6)15-12-16-29(31)23(7)8;/h11-25H,1-10H3;1H/q+1;/p-1. The summed E-state index contributed by atoms with van der Waals surface area (Å²) in [5.41, 5.74) is 8.85. The minimum Gasteiger partial charge on any atom is -1.00 e. The van der Waals surface area contributed by atoms with Crippen molar-refractivity contribution >= 4 is 0 Å². The van der Waals surface area contributed by atoms with E-state index in [1.54, 1.807) is 0 Å². The molecule has 3 heteroatoms. The van der Waals surface area contributed by atoms with Gasteiger partial charge in [0.1, 0.15) is 24.5 Å². The zero-order valence-electron chi connectivity index (χ0n) is 22.9. The van der Waals surface area contributed by atoms with Gasteiger partial charge in [-0.05, 0) is 59.8 Å². The van der Waals surface area contributed by atoms with Crippen LogP contribution in [0.3, 0.4) is 0 Å². The third-order valence-corrected chi connectivity index (χ3v) is 7.24. The van der Waals surface area contributed by atoms with Crippen LogP contribution in [0.5, 0.6) is 0 Å². The molecule has 0 radical (unpaired) electrons. The molecule has 186 valence electrons. The molecular weight excluding hydrogens is 436 g/mol. The van der Waals surface area contributed by atoms with Gasteiger partial charge in [-0.2, -0.15) is 0 Å². The van der Waals surface area contributed by atoms with Crippen molar-refractivity contribution in [3.8, 4) is 0 Å². The van der Waals surface area contributed by atoms with E-state index in [1.807, 2.05) is 0 Å². The van der Waals surface area contributed by atoms with E-state index in [0.717, 1.165) is 0 Å². The minimum atomic E-state index is 0. The van der Waals surface area contributed by atoms with Gasteiger partial charge in [-0.3, -0.25) is 0 Å². The zero-order chi connectivity index (χ0) is 24.4. The molecule has 0 aliphatic heterocycles. The second kappa shape index (κ2) is 11.6. The van der Waals surface area contributed by atoms with Crippen molar-refractivity contribution < 1.29 is 17.0 Å². The first kappa shape index (κ1) is 28.2. The topological polar surface area (TPSA) is 8.81 Å². The number of hydrogen-bond donors (Lipinski definition) is 0. The smallest absolute Gasteiger partial charge is 0.244 e. The third kappa shape index (κ3) is 5.60. The number of aromatic nitrogens is 2. The Bertz CT molecular complexity index is 938. The molecule has 0 aliphatic carbocycles. The second-order valence-corrected chi connectivity index (χ2v) is 11.0. The Kier molecular flexibility index (Phi) is 9.60. The van der Waals surface area contributed by atoms with Gasteiger partial charge in [-0.1, -0.05) is 91.8 Å². The Morgan fingerprint density at radius 3 is 1.35 bits per heavy atom. The van der Waals surface area contributed by atoms with Crippen LogP contribution in [0.15, 0.2) is 55.1 Å². The summed E-state index contributed by atoms with van der Waals surface area (Å²) in [4.78, 5) is 0. The molecule has 0 saturated heterocycles. The van der Waals surface area contributed by atoms with E-state index in [2.05, 4.69) is 133 Å². The van der Waals surface area contributed by atoms with Crippen molar-refractivity contribution in [3.05, 3.63) is 88.5 Å². The molecule has 2 atom stereocenters. The van der Waals surface area contributed by atoms with Crippen LogP contribution < -0.4 is 17.0 Å². The Morgan fingerprint density at radius 1 is 0.588 bits per heavy atom. The molecule has 34 heavy (non-hydrogen) atoms. The number of rotatable bonds is 8. The Hall–Kier alpha value is -2.06. The molecule has 0 N–H and O–H groups in total. The van der Waals surface area contributed by atoms with Crippen LogP contribution in [0, 0.1) is 0 Å². The number of halogens is 1. The van der Waals surface area contributed by atoms with E-state index >= 15 is 0 Å². The molecule has 0 saturated carbocycles. The molecule has 0 fully saturated rings. The van der Waals surface area contributed by atoms with Crippen LogP contribution in [0.25, 0.3) is 0 Å². The molecule has 0 amide bonds. The van der Waals surface area contributed by atoms with Crippen LogP contribution in [0.1, 0.15) is 138 Å². The summed E-state index contributed by atoms with van der Waals surface area (Å²) in [5, 5.41) is 0. The van der Waals surface area contributed by atoms with E-state index in [-0.39, 0.29) is 12.4 Å². The highest BCUT2D eigenvalue weighted by atomic mass is 35.5. The van der Waals surface area contributed by atoms with Gasteiger partial charge >= 0.3 is 0 Å². The first-order valence-electron chi connectivity index (χ1n) is 12.9. The van der Waals surface area contributed by atoms with Gasteiger partial charge in [-0.15, -0.1) is 0 Å². The summed E-state index contributed by atoms with van der Waals surface area (Å²) in [6, 6.07) is 14.3. The number of imidazole rings is 1. The first-order valence-corrected chi connectivity index (χ1v) is 12.9. The minimum absolute atomic E-state index is 0. The lowest BCUT2D eigenvalue weighted by Gasteiger charge is -2.23. The summed E-state index contributed by atoms with van der Waals surface area (Å²) in [7, 11) is 0. The fourth-order valence-electron chi connectivity index (χ4n) is 5.32. The largest absolute Gasteiger partial charge is 1.00 e. The molecule has 3 aromatic rings. The van der Waals surface area contributed by atoms with E-state index in [0.29, 0.717) is 35.8 Å². The maximum atomic E-state index is 2.40. The molecule has 0 spiro atoms. The van der Waals surface area contributed by atoms with E-state index in [1.165, 1.54) is 33.4 Å². The molecule has 0 bridgehead atoms. The molecule has 1 heterocycles. The molecule has 2 aromatic carbocycles. The lowest BCUT2D eigenvalue weighted by molar-refractivity contribution is -0.710. The van der Waals surface area contributed by atoms with E-state index in [4.69, 9.17) is 0 Å². The van der Waals surface area contributed by atoms with Crippen molar-refractivity contribution in [3.63, 3.8) is 0 Å². The summed E-state index contributed by atoms with van der Waals surface area (Å²) in [6.45, 7) is 23.2. The Morgan fingerprint density at radius 2 is 0.971 bits per heavy atom. The quantitative estimate of drug-likeness (QED) is 0.377. The maximum absolute atomic E-state index is 2.40. The van der Waals surface area contributed by atoms with Crippen molar-refractivity contribution in [1.82, 2.24) is 4.57 Å². The Balaban J connectivity index is 0.00000408. The van der Waals surface area contributed by atoms with Crippen LogP contribution in [-0.2, 0) is 0 Å². The van der Waals surface area contributed by atoms with Gasteiger partial charge in [0.05, 0.1) is 0 Å². The van der Waals surface area contributed by atoms with Gasteiger partial charge in [0.15, 0.2) is 0 Å². The van der Waals surface area contributed by atoms with Crippen LogP contribution in [0.4, 0.5) is 0 Å². The highest BCUT2D eigenvalue weighted by Gasteiger charge is 2.27. The second-order valence-electron chi connectivity index (χ2n) is 11.0. The third-order valence-electron chi connectivity index (χ3n) is 7.24. The van der Waals surface area contributed by atoms with Gasteiger partial charge in [-0.25, -0.2) is 9.13 Å². The SMILES string of the molecule is CC(C)c1cccc(C(C)C)c1C(C)n1cc[n+](C(C)c2c(C(C)C)cccc2C(C)C)c1.[Cl-]. The lowest BCUT2D eigenvalue weighted by Crippen LogP contribution is -3.00. The van der Waals surface area contributed by atoms with Crippen LogP contribution in [0.2, 0.25) is 0 Å². The highest BCUT2D eigenvalue weighted by molar-refractivity contribution is 5.42. The van der Waals surface area contributed by atoms with Crippen molar-refractivity contribution in [2.75, 3.05) is 0 Å². The van der Waals surface area contributed by atoms with Crippen molar-refractivity contribution in [1.29, 1.82) is 0 Å². The number of benzene rings is 2. The molecular formula is C31H45ClN2. The summed E-state index contributed by atoms with van der Waals surface area (Å²) < 4.78 is 4.80. The molecule has 2 nitrogen and oxygen atoms in total. The fourth-order valence-corrected chi connectivity index (χ4v) is 5.32. The van der Waals surface area contributed by atoms with E-state index < -0.39 is 0 Å². The average Bonchev–Trinajstić information content (AvgIpc) is 3.27. The number of nitrogens with zero attached hydrogens (tertiary/aromatic N) is 2. The van der Waals surface area contributed by atoms with Gasteiger partial charge in [0.25, 0.3) is 0 Å². The van der Waals surface area contributed by atoms with Gasteiger partial charge in [0, 0.05) is 11.1 Å². The number of hydrogen-bond acceptors (Lipinski definition) is 0. The first-order chi connectivity index (χ1) is 15.5. The monoisotopic (exact) mass is 480 g/mol. The normalized spacial score (nSPS) is 13.6. The van der Waals surface area contributed by atoms with Gasteiger partial charge < -0.3 is 12.4 Å². The van der Waals surface area contributed by atoms with E-state index in [9.17, 15) is 0 Å². The Labute approximate surface area is 214 Å². The average molecular weight is 481 g/mol. The van der Waals surface area contributed by atoms with Gasteiger partial charge in [0.2, 0.25) is 6.33 Å². The van der Waals surface area contributed by atoms with Crippen molar-refractivity contribution in [2.24, 2.45) is 0 Å².